The number of amides is 2. The molecule has 0 unspecified atom stereocenters. The van der Waals surface area contributed by atoms with Crippen molar-refractivity contribution in [3.05, 3.63) is 57.4 Å². The van der Waals surface area contributed by atoms with E-state index in [1.165, 1.54) is 18.3 Å². The molecule has 0 saturated heterocycles. The number of benzene rings is 1. The number of rotatable bonds is 3. The Balaban J connectivity index is 2.11. The van der Waals surface area contributed by atoms with Crippen molar-refractivity contribution in [2.45, 2.75) is 0 Å². The van der Waals surface area contributed by atoms with Crippen LogP contribution in [0.5, 0.6) is 0 Å². The lowest BCUT2D eigenvalue weighted by atomic mass is 10.2. The predicted octanol–water partition coefficient (Wildman–Crippen LogP) is 2.04. The summed E-state index contributed by atoms with van der Waals surface area (Å²) >= 11 is 2.18. The van der Waals surface area contributed by atoms with E-state index in [-0.39, 0.29) is 11.6 Å². The van der Waals surface area contributed by atoms with Crippen LogP contribution in [0.1, 0.15) is 20.8 Å². The molecule has 96 valence electrons. The lowest BCUT2D eigenvalue weighted by Gasteiger charge is -2.05. The summed E-state index contributed by atoms with van der Waals surface area (Å²) in [5, 5.41) is 2.74. The van der Waals surface area contributed by atoms with Gasteiger partial charge in [0.05, 0.1) is 5.56 Å². The van der Waals surface area contributed by atoms with Gasteiger partial charge in [-0.1, -0.05) is 0 Å². The number of halogens is 1. The summed E-state index contributed by atoms with van der Waals surface area (Å²) in [6.07, 6.45) is 1.32. The fraction of sp³-hybridized carbons (Fsp3) is 0. The minimum Gasteiger partial charge on any atom is -0.364 e. The van der Waals surface area contributed by atoms with Crippen LogP contribution in [-0.4, -0.2) is 16.8 Å². The molecule has 0 atom stereocenters. The van der Waals surface area contributed by atoms with Gasteiger partial charge in [-0.2, -0.15) is 0 Å². The van der Waals surface area contributed by atoms with Crippen molar-refractivity contribution in [2.75, 3.05) is 5.32 Å². The van der Waals surface area contributed by atoms with Gasteiger partial charge in [0.15, 0.2) is 0 Å². The standard InChI is InChI=1S/C13H10IN3O2/c14-9-2-4-10(5-3-9)17-13(19)8-1-6-11(12(15)18)16-7-8/h1-7H,(H2,15,18)(H,17,19). The molecule has 0 aliphatic heterocycles. The SMILES string of the molecule is NC(=O)c1ccc(C(=O)Nc2ccc(I)cc2)cn1. The molecule has 0 aliphatic rings. The van der Waals surface area contributed by atoms with Gasteiger partial charge in [-0.3, -0.25) is 14.6 Å². The molecule has 2 rings (SSSR count). The molecule has 5 nitrogen and oxygen atoms in total. The van der Waals surface area contributed by atoms with Crippen LogP contribution in [0.4, 0.5) is 5.69 Å². The molecule has 0 aliphatic carbocycles. The Morgan fingerprint density at radius 3 is 2.32 bits per heavy atom. The van der Waals surface area contributed by atoms with Crippen LogP contribution >= 0.6 is 22.6 Å². The third kappa shape index (κ3) is 3.50. The summed E-state index contributed by atoms with van der Waals surface area (Å²) in [5.74, 6) is -0.908. The molecule has 0 radical (unpaired) electrons. The zero-order chi connectivity index (χ0) is 13.8. The Labute approximate surface area is 123 Å². The molecule has 1 heterocycles. The lowest BCUT2D eigenvalue weighted by molar-refractivity contribution is 0.0990. The third-order valence-corrected chi connectivity index (χ3v) is 3.10. The highest BCUT2D eigenvalue weighted by Gasteiger charge is 2.08. The summed E-state index contributed by atoms with van der Waals surface area (Å²) in [5.41, 5.74) is 6.27. The number of nitrogens with two attached hydrogens (primary N) is 1. The smallest absolute Gasteiger partial charge is 0.267 e. The molecule has 6 heteroatoms. The molecular formula is C13H10IN3O2. The lowest BCUT2D eigenvalue weighted by Crippen LogP contribution is -2.15. The average Bonchev–Trinajstić information content (AvgIpc) is 2.41. The highest BCUT2D eigenvalue weighted by molar-refractivity contribution is 14.1. The van der Waals surface area contributed by atoms with Crippen molar-refractivity contribution in [1.29, 1.82) is 0 Å². The van der Waals surface area contributed by atoms with Gasteiger partial charge in [0, 0.05) is 15.5 Å². The van der Waals surface area contributed by atoms with Crippen molar-refractivity contribution in [3.63, 3.8) is 0 Å². The van der Waals surface area contributed by atoms with E-state index in [0.29, 0.717) is 11.3 Å². The van der Waals surface area contributed by atoms with Gasteiger partial charge in [0.1, 0.15) is 5.69 Å². The maximum Gasteiger partial charge on any atom is 0.267 e. The van der Waals surface area contributed by atoms with Crippen molar-refractivity contribution in [2.24, 2.45) is 5.73 Å². The largest absolute Gasteiger partial charge is 0.364 e. The number of pyridine rings is 1. The molecule has 0 saturated carbocycles. The van der Waals surface area contributed by atoms with Crippen molar-refractivity contribution < 1.29 is 9.59 Å². The highest BCUT2D eigenvalue weighted by Crippen LogP contribution is 2.12. The van der Waals surface area contributed by atoms with Crippen LogP contribution in [0.25, 0.3) is 0 Å². The quantitative estimate of drug-likeness (QED) is 0.815. The number of carbonyl (C=O) groups is 2. The molecule has 19 heavy (non-hydrogen) atoms. The number of aromatic nitrogens is 1. The van der Waals surface area contributed by atoms with Crippen molar-refractivity contribution in [1.82, 2.24) is 4.98 Å². The van der Waals surface area contributed by atoms with Crippen molar-refractivity contribution >= 4 is 40.1 Å². The summed E-state index contributed by atoms with van der Waals surface area (Å²) < 4.78 is 1.09. The van der Waals surface area contributed by atoms with Crippen LogP contribution in [0.2, 0.25) is 0 Å². The number of carbonyl (C=O) groups excluding carboxylic acids is 2. The Bertz CT molecular complexity index is 609. The van der Waals surface area contributed by atoms with E-state index in [1.807, 2.05) is 24.3 Å². The Hall–Kier alpha value is -1.96. The third-order valence-electron chi connectivity index (χ3n) is 2.38. The average molecular weight is 367 g/mol. The van der Waals surface area contributed by atoms with E-state index in [2.05, 4.69) is 32.9 Å². The Kier molecular flexibility index (Phi) is 4.10. The zero-order valence-corrected chi connectivity index (χ0v) is 11.9. The molecule has 0 bridgehead atoms. The highest BCUT2D eigenvalue weighted by atomic mass is 127. The molecule has 1 aromatic carbocycles. The zero-order valence-electron chi connectivity index (χ0n) is 9.76. The van der Waals surface area contributed by atoms with Gasteiger partial charge in [-0.25, -0.2) is 0 Å². The summed E-state index contributed by atoms with van der Waals surface area (Å²) in [4.78, 5) is 26.6. The monoisotopic (exact) mass is 367 g/mol. The number of nitrogens with one attached hydrogen (secondary N) is 1. The van der Waals surface area contributed by atoms with Gasteiger partial charge in [0.2, 0.25) is 0 Å². The van der Waals surface area contributed by atoms with Crippen LogP contribution in [-0.2, 0) is 0 Å². The topological polar surface area (TPSA) is 85.1 Å². The number of nitrogens with zero attached hydrogens (tertiary/aromatic N) is 1. The minimum absolute atomic E-state index is 0.130. The minimum atomic E-state index is -0.621. The Morgan fingerprint density at radius 2 is 1.79 bits per heavy atom. The number of anilines is 1. The molecule has 3 N–H and O–H groups in total. The first-order valence-electron chi connectivity index (χ1n) is 5.39. The van der Waals surface area contributed by atoms with Gasteiger partial charge in [-0.15, -0.1) is 0 Å². The number of primary amides is 1. The maximum atomic E-state index is 11.9. The van der Waals surface area contributed by atoms with Gasteiger partial charge < -0.3 is 11.1 Å². The van der Waals surface area contributed by atoms with Gasteiger partial charge >= 0.3 is 0 Å². The maximum absolute atomic E-state index is 11.9. The fourth-order valence-corrected chi connectivity index (χ4v) is 1.77. The van der Waals surface area contributed by atoms with Gasteiger partial charge in [-0.05, 0) is 59.0 Å². The second kappa shape index (κ2) is 5.79. The van der Waals surface area contributed by atoms with E-state index < -0.39 is 5.91 Å². The first-order valence-corrected chi connectivity index (χ1v) is 6.47. The van der Waals surface area contributed by atoms with Crippen LogP contribution in [0, 0.1) is 3.57 Å². The van der Waals surface area contributed by atoms with E-state index in [0.717, 1.165) is 3.57 Å². The number of hydrogen-bond donors (Lipinski definition) is 2. The van der Waals surface area contributed by atoms with Crippen molar-refractivity contribution in [3.8, 4) is 0 Å². The summed E-state index contributed by atoms with van der Waals surface area (Å²) in [6, 6.07) is 10.3. The molecule has 2 aromatic rings. The van der Waals surface area contributed by atoms with E-state index in [9.17, 15) is 9.59 Å². The second-order valence-electron chi connectivity index (χ2n) is 3.76. The molecule has 0 spiro atoms. The molecule has 2 amide bonds. The van der Waals surface area contributed by atoms with Crippen LogP contribution in [0.15, 0.2) is 42.6 Å². The second-order valence-corrected chi connectivity index (χ2v) is 5.00. The van der Waals surface area contributed by atoms with E-state index in [4.69, 9.17) is 5.73 Å². The van der Waals surface area contributed by atoms with Crippen LogP contribution < -0.4 is 11.1 Å². The Morgan fingerprint density at radius 1 is 1.11 bits per heavy atom. The summed E-state index contributed by atoms with van der Waals surface area (Å²) in [6.45, 7) is 0. The predicted molar refractivity (Wildman–Crippen MR) is 79.9 cm³/mol. The van der Waals surface area contributed by atoms with E-state index in [1.54, 1.807) is 0 Å². The molecule has 0 fully saturated rings. The molecule has 1 aromatic heterocycles. The normalized spacial score (nSPS) is 9.95. The van der Waals surface area contributed by atoms with Gasteiger partial charge in [0.25, 0.3) is 11.8 Å². The first-order chi connectivity index (χ1) is 9.06. The summed E-state index contributed by atoms with van der Waals surface area (Å²) in [7, 11) is 0. The van der Waals surface area contributed by atoms with Crippen LogP contribution in [0.3, 0.4) is 0 Å². The fourth-order valence-electron chi connectivity index (χ4n) is 1.41. The van der Waals surface area contributed by atoms with E-state index >= 15 is 0 Å². The molecular weight excluding hydrogens is 357 g/mol. The number of hydrogen-bond acceptors (Lipinski definition) is 3. The first kappa shape index (κ1) is 13.5.